The van der Waals surface area contributed by atoms with E-state index in [0.717, 1.165) is 5.56 Å². The van der Waals surface area contributed by atoms with E-state index in [9.17, 15) is 0 Å². The maximum Gasteiger partial charge on any atom is 0.328 e. The molecule has 0 atom stereocenters. The number of halogens is 2. The summed E-state index contributed by atoms with van der Waals surface area (Å²) in [5, 5.41) is 0.489. The zero-order chi connectivity index (χ0) is 14.8. The van der Waals surface area contributed by atoms with Crippen LogP contribution >= 0.6 is 23.2 Å². The fourth-order valence-corrected chi connectivity index (χ4v) is 2.07. The fraction of sp³-hybridized carbons (Fsp3) is 0.0769. The lowest BCUT2D eigenvalue weighted by Gasteiger charge is -2.08. The van der Waals surface area contributed by atoms with Gasteiger partial charge in [-0.2, -0.15) is 15.0 Å². The van der Waals surface area contributed by atoms with E-state index in [0.29, 0.717) is 16.7 Å². The summed E-state index contributed by atoms with van der Waals surface area (Å²) in [7, 11) is 0. The van der Waals surface area contributed by atoms with Crippen molar-refractivity contribution in [2.75, 3.05) is 0 Å². The van der Waals surface area contributed by atoms with E-state index in [1.807, 2.05) is 13.0 Å². The predicted molar refractivity (Wildman–Crippen MR) is 78.2 cm³/mol. The fourth-order valence-electron chi connectivity index (χ4n) is 1.65. The van der Waals surface area contributed by atoms with Crippen molar-refractivity contribution in [2.24, 2.45) is 0 Å². The van der Waals surface area contributed by atoms with Crippen LogP contribution in [-0.2, 0) is 0 Å². The Morgan fingerprint density at radius 3 is 2.71 bits per heavy atom. The second-order valence-electron chi connectivity index (χ2n) is 4.19. The average molecular weight is 322 g/mol. The van der Waals surface area contributed by atoms with E-state index in [1.54, 1.807) is 35.4 Å². The molecule has 0 aliphatic heterocycles. The van der Waals surface area contributed by atoms with Crippen molar-refractivity contribution >= 4 is 23.2 Å². The zero-order valence-electron chi connectivity index (χ0n) is 10.9. The number of ether oxygens (including phenoxy) is 1. The molecule has 0 unspecified atom stereocenters. The van der Waals surface area contributed by atoms with Crippen LogP contribution in [0.3, 0.4) is 0 Å². The first kappa shape index (κ1) is 13.8. The number of hydrogen-bond acceptors (Lipinski definition) is 5. The van der Waals surface area contributed by atoms with Crippen LogP contribution < -0.4 is 4.74 Å². The highest BCUT2D eigenvalue weighted by atomic mass is 35.5. The maximum absolute atomic E-state index is 6.11. The highest BCUT2D eigenvalue weighted by molar-refractivity contribution is 6.32. The molecule has 0 N–H and O–H groups in total. The van der Waals surface area contributed by atoms with Crippen molar-refractivity contribution in [1.82, 2.24) is 24.5 Å². The summed E-state index contributed by atoms with van der Waals surface area (Å²) in [5.41, 5.74) is 1.03. The van der Waals surface area contributed by atoms with Gasteiger partial charge in [-0.15, -0.1) is 0 Å². The summed E-state index contributed by atoms with van der Waals surface area (Å²) in [5.74, 6) is 0.756. The molecule has 106 valence electrons. The van der Waals surface area contributed by atoms with Gasteiger partial charge in [0.15, 0.2) is 0 Å². The van der Waals surface area contributed by atoms with Gasteiger partial charge in [-0.3, -0.25) is 4.57 Å². The number of aryl methyl sites for hydroxylation is 1. The third-order valence-corrected chi connectivity index (χ3v) is 3.06. The summed E-state index contributed by atoms with van der Waals surface area (Å²) in [4.78, 5) is 16.0. The van der Waals surface area contributed by atoms with Crippen LogP contribution in [0.2, 0.25) is 10.3 Å². The van der Waals surface area contributed by atoms with Crippen LogP contribution in [-0.4, -0.2) is 24.5 Å². The first-order chi connectivity index (χ1) is 10.1. The van der Waals surface area contributed by atoms with Gasteiger partial charge in [0, 0.05) is 12.4 Å². The summed E-state index contributed by atoms with van der Waals surface area (Å²) in [6, 6.07) is 5.47. The lowest BCUT2D eigenvalue weighted by atomic mass is 10.2. The molecule has 3 aromatic rings. The first-order valence-electron chi connectivity index (χ1n) is 5.96. The Morgan fingerprint density at radius 2 is 2.00 bits per heavy atom. The Bertz CT molecular complexity index is 776. The van der Waals surface area contributed by atoms with Crippen LogP contribution in [0, 0.1) is 6.92 Å². The quantitative estimate of drug-likeness (QED) is 0.739. The normalized spacial score (nSPS) is 10.6. The van der Waals surface area contributed by atoms with Gasteiger partial charge in [0.25, 0.3) is 0 Å². The van der Waals surface area contributed by atoms with Gasteiger partial charge in [-0.1, -0.05) is 17.7 Å². The van der Waals surface area contributed by atoms with Crippen molar-refractivity contribution < 1.29 is 4.74 Å². The van der Waals surface area contributed by atoms with Gasteiger partial charge in [-0.25, -0.2) is 4.98 Å². The molecular weight excluding hydrogens is 313 g/mol. The highest BCUT2D eigenvalue weighted by Crippen LogP contribution is 2.28. The summed E-state index contributed by atoms with van der Waals surface area (Å²) in [6.45, 7) is 1.94. The smallest absolute Gasteiger partial charge is 0.328 e. The highest BCUT2D eigenvalue weighted by Gasteiger charge is 2.10. The SMILES string of the molecule is Cc1ccc(Oc2nc(Cl)nc(-n3ccnc3)n2)c(Cl)c1. The molecule has 6 nitrogen and oxygen atoms in total. The molecule has 0 aliphatic carbocycles. The van der Waals surface area contributed by atoms with Gasteiger partial charge in [0.1, 0.15) is 12.1 Å². The number of hydrogen-bond donors (Lipinski definition) is 0. The Hall–Kier alpha value is -2.18. The van der Waals surface area contributed by atoms with Crippen LogP contribution in [0.5, 0.6) is 11.8 Å². The summed E-state index contributed by atoms with van der Waals surface area (Å²) < 4.78 is 7.17. The van der Waals surface area contributed by atoms with E-state index < -0.39 is 0 Å². The summed E-state index contributed by atoms with van der Waals surface area (Å²) in [6.07, 6.45) is 4.84. The minimum Gasteiger partial charge on any atom is -0.423 e. The Kier molecular flexibility index (Phi) is 3.72. The van der Waals surface area contributed by atoms with Crippen LogP contribution in [0.25, 0.3) is 5.95 Å². The summed E-state index contributed by atoms with van der Waals surface area (Å²) >= 11 is 12.0. The molecule has 3 rings (SSSR count). The number of imidazole rings is 1. The Morgan fingerprint density at radius 1 is 1.14 bits per heavy atom. The second kappa shape index (κ2) is 5.67. The van der Waals surface area contributed by atoms with Crippen molar-refractivity contribution in [3.63, 3.8) is 0 Å². The van der Waals surface area contributed by atoms with Gasteiger partial charge >= 0.3 is 6.01 Å². The molecule has 2 heterocycles. The van der Waals surface area contributed by atoms with Crippen molar-refractivity contribution in [3.8, 4) is 17.7 Å². The molecule has 0 radical (unpaired) electrons. The molecule has 0 bridgehead atoms. The van der Waals surface area contributed by atoms with Gasteiger partial charge in [0.2, 0.25) is 11.2 Å². The topological polar surface area (TPSA) is 65.7 Å². The van der Waals surface area contributed by atoms with Crippen LogP contribution in [0.15, 0.2) is 36.9 Å². The third kappa shape index (κ3) is 3.12. The lowest BCUT2D eigenvalue weighted by molar-refractivity contribution is 0.438. The van der Waals surface area contributed by atoms with Crippen molar-refractivity contribution in [2.45, 2.75) is 6.92 Å². The van der Waals surface area contributed by atoms with E-state index in [4.69, 9.17) is 27.9 Å². The first-order valence-corrected chi connectivity index (χ1v) is 6.71. The van der Waals surface area contributed by atoms with Gasteiger partial charge in [-0.05, 0) is 36.2 Å². The largest absolute Gasteiger partial charge is 0.423 e. The van der Waals surface area contributed by atoms with Crippen molar-refractivity contribution in [3.05, 3.63) is 52.8 Å². The Labute approximate surface area is 130 Å². The molecular formula is C13H9Cl2N5O. The van der Waals surface area contributed by atoms with E-state index >= 15 is 0 Å². The molecule has 0 spiro atoms. The monoisotopic (exact) mass is 321 g/mol. The van der Waals surface area contributed by atoms with Gasteiger partial charge in [0.05, 0.1) is 5.02 Å². The number of benzene rings is 1. The maximum atomic E-state index is 6.11. The molecule has 1 aromatic carbocycles. The molecule has 0 saturated heterocycles. The molecule has 0 fully saturated rings. The predicted octanol–water partition coefficient (Wildman–Crippen LogP) is 3.46. The Balaban J connectivity index is 1.95. The molecule has 21 heavy (non-hydrogen) atoms. The number of rotatable bonds is 3. The molecule has 0 amide bonds. The number of nitrogens with zero attached hydrogens (tertiary/aromatic N) is 5. The molecule has 0 saturated carbocycles. The van der Waals surface area contributed by atoms with E-state index in [2.05, 4.69) is 19.9 Å². The molecule has 0 aliphatic rings. The average Bonchev–Trinajstić information content (AvgIpc) is 2.95. The van der Waals surface area contributed by atoms with E-state index in [1.165, 1.54) is 0 Å². The standard InChI is InChI=1S/C13H9Cl2N5O/c1-8-2-3-10(9(14)6-8)21-13-18-11(15)17-12(19-13)20-5-4-16-7-20/h2-7H,1H3. The van der Waals surface area contributed by atoms with Crippen molar-refractivity contribution in [1.29, 1.82) is 0 Å². The third-order valence-electron chi connectivity index (χ3n) is 2.60. The number of aromatic nitrogens is 5. The minimum absolute atomic E-state index is 0.0203. The van der Waals surface area contributed by atoms with Crippen LogP contribution in [0.4, 0.5) is 0 Å². The molecule has 8 heteroatoms. The zero-order valence-corrected chi connectivity index (χ0v) is 12.4. The van der Waals surface area contributed by atoms with Crippen LogP contribution in [0.1, 0.15) is 5.56 Å². The lowest BCUT2D eigenvalue weighted by Crippen LogP contribution is -2.03. The minimum atomic E-state index is 0.0203. The van der Waals surface area contributed by atoms with E-state index in [-0.39, 0.29) is 11.3 Å². The molecule has 2 aromatic heterocycles. The second-order valence-corrected chi connectivity index (χ2v) is 4.94. The van der Waals surface area contributed by atoms with Gasteiger partial charge < -0.3 is 4.74 Å².